The van der Waals surface area contributed by atoms with Crippen LogP contribution in [0.2, 0.25) is 5.02 Å². The third-order valence-electron chi connectivity index (χ3n) is 4.48. The van der Waals surface area contributed by atoms with Crippen molar-refractivity contribution in [2.24, 2.45) is 0 Å². The maximum absolute atomic E-state index is 12.5. The van der Waals surface area contributed by atoms with Gasteiger partial charge in [-0.25, -0.2) is 4.98 Å². The molecule has 1 aromatic heterocycles. The molecule has 0 radical (unpaired) electrons. The lowest BCUT2D eigenvalue weighted by Crippen LogP contribution is -2.30. The first kappa shape index (κ1) is 20.4. The molecule has 4 nitrogen and oxygen atoms in total. The van der Waals surface area contributed by atoms with E-state index < -0.39 is 6.10 Å². The normalized spacial score (nSPS) is 11.9. The number of benzene rings is 2. The van der Waals surface area contributed by atoms with E-state index in [1.165, 1.54) is 16.9 Å². The van der Waals surface area contributed by atoms with E-state index in [0.29, 0.717) is 15.9 Å². The van der Waals surface area contributed by atoms with Crippen molar-refractivity contribution < 1.29 is 9.53 Å². The highest BCUT2D eigenvalue weighted by molar-refractivity contribution is 7.14. The van der Waals surface area contributed by atoms with Crippen LogP contribution in [-0.2, 0) is 11.2 Å². The summed E-state index contributed by atoms with van der Waals surface area (Å²) in [5.74, 6) is 0.380. The topological polar surface area (TPSA) is 51.2 Å². The lowest BCUT2D eigenvalue weighted by atomic mass is 10.1. The van der Waals surface area contributed by atoms with Crippen molar-refractivity contribution in [1.29, 1.82) is 0 Å². The molecule has 0 bridgehead atoms. The van der Waals surface area contributed by atoms with E-state index in [-0.39, 0.29) is 5.91 Å². The van der Waals surface area contributed by atoms with Crippen LogP contribution in [0.4, 0.5) is 5.13 Å². The Balaban J connectivity index is 1.65. The molecule has 3 rings (SSSR count). The molecule has 0 saturated heterocycles. The van der Waals surface area contributed by atoms with Crippen molar-refractivity contribution in [3.05, 3.63) is 63.5 Å². The van der Waals surface area contributed by atoms with Crippen molar-refractivity contribution in [3.8, 4) is 17.0 Å². The second-order valence-corrected chi connectivity index (χ2v) is 7.94. The summed E-state index contributed by atoms with van der Waals surface area (Å²) in [4.78, 5) is 17.0. The van der Waals surface area contributed by atoms with Crippen LogP contribution < -0.4 is 10.1 Å². The van der Waals surface area contributed by atoms with Gasteiger partial charge in [0.1, 0.15) is 5.75 Å². The van der Waals surface area contributed by atoms with Gasteiger partial charge in [-0.2, -0.15) is 0 Å². The summed E-state index contributed by atoms with van der Waals surface area (Å²) in [6, 6.07) is 12.0. The molecule has 0 saturated carbocycles. The largest absolute Gasteiger partial charge is 0.481 e. The van der Waals surface area contributed by atoms with Gasteiger partial charge in [0.2, 0.25) is 0 Å². The van der Waals surface area contributed by atoms with Crippen LogP contribution >= 0.6 is 22.9 Å². The van der Waals surface area contributed by atoms with Gasteiger partial charge in [0, 0.05) is 16.0 Å². The van der Waals surface area contributed by atoms with Gasteiger partial charge in [-0.15, -0.1) is 11.3 Å². The van der Waals surface area contributed by atoms with Gasteiger partial charge >= 0.3 is 0 Å². The number of ether oxygens (including phenoxy) is 1. The molecule has 0 aliphatic heterocycles. The van der Waals surface area contributed by atoms with Crippen LogP contribution in [0.5, 0.6) is 5.75 Å². The van der Waals surface area contributed by atoms with Gasteiger partial charge in [-0.05, 0) is 56.0 Å². The van der Waals surface area contributed by atoms with E-state index in [4.69, 9.17) is 16.3 Å². The molecule has 1 heterocycles. The number of amides is 1. The zero-order valence-electron chi connectivity index (χ0n) is 16.4. The van der Waals surface area contributed by atoms with E-state index in [2.05, 4.69) is 41.5 Å². The number of carbonyl (C=O) groups excluding carboxylic acids is 1. The Bertz CT molecular complexity index is 959. The van der Waals surface area contributed by atoms with Crippen LogP contribution in [0.25, 0.3) is 11.3 Å². The summed E-state index contributed by atoms with van der Waals surface area (Å²) >= 11 is 7.58. The minimum Gasteiger partial charge on any atom is -0.481 e. The minimum absolute atomic E-state index is 0.243. The molecule has 1 N–H and O–H groups in total. The van der Waals surface area contributed by atoms with Crippen LogP contribution in [-0.4, -0.2) is 17.0 Å². The molecule has 146 valence electrons. The first-order valence-electron chi connectivity index (χ1n) is 9.16. The smallest absolute Gasteiger partial charge is 0.266 e. The number of hydrogen-bond acceptors (Lipinski definition) is 4. The molecule has 6 heteroatoms. The summed E-state index contributed by atoms with van der Waals surface area (Å²) in [6.45, 7) is 7.67. The molecular weight excluding hydrogens is 392 g/mol. The average Bonchev–Trinajstić information content (AvgIpc) is 3.14. The molecule has 1 atom stereocenters. The van der Waals surface area contributed by atoms with Crippen LogP contribution in [0.3, 0.4) is 0 Å². The molecule has 0 spiro atoms. The highest BCUT2D eigenvalue weighted by atomic mass is 35.5. The van der Waals surface area contributed by atoms with Gasteiger partial charge < -0.3 is 4.74 Å². The van der Waals surface area contributed by atoms with E-state index >= 15 is 0 Å². The number of halogens is 1. The molecule has 0 aliphatic rings. The van der Waals surface area contributed by atoms with Gasteiger partial charge in [-0.3, -0.25) is 10.1 Å². The standard InChI is InChI=1S/C22H23ClN2O2S/c1-5-16-6-8-17(9-7-16)19-12-28-22(24-19)25-21(26)15(4)27-18-10-13(2)20(23)14(3)11-18/h6-12,15H,5H2,1-4H3,(H,24,25,26). The Hall–Kier alpha value is -2.37. The van der Waals surface area contributed by atoms with Crippen molar-refractivity contribution in [2.75, 3.05) is 5.32 Å². The molecule has 28 heavy (non-hydrogen) atoms. The van der Waals surface area contributed by atoms with Crippen LogP contribution in [0.15, 0.2) is 41.8 Å². The third kappa shape index (κ3) is 4.72. The molecule has 1 unspecified atom stereocenters. The predicted octanol–water partition coefficient (Wildman–Crippen LogP) is 6.05. The summed E-state index contributed by atoms with van der Waals surface area (Å²) < 4.78 is 5.79. The number of nitrogens with one attached hydrogen (secondary N) is 1. The Morgan fingerprint density at radius 2 is 1.86 bits per heavy atom. The second-order valence-electron chi connectivity index (χ2n) is 6.71. The van der Waals surface area contributed by atoms with E-state index in [1.54, 1.807) is 6.92 Å². The van der Waals surface area contributed by atoms with Crippen molar-refractivity contribution >= 4 is 34.0 Å². The average molecular weight is 415 g/mol. The molecule has 0 aliphatic carbocycles. The van der Waals surface area contributed by atoms with Crippen LogP contribution in [0, 0.1) is 13.8 Å². The van der Waals surface area contributed by atoms with Gasteiger partial charge in [0.15, 0.2) is 11.2 Å². The van der Waals surface area contributed by atoms with E-state index in [9.17, 15) is 4.79 Å². The third-order valence-corrected chi connectivity index (χ3v) is 5.84. The van der Waals surface area contributed by atoms with Crippen molar-refractivity contribution in [1.82, 2.24) is 4.98 Å². The molecular formula is C22H23ClN2O2S. The fourth-order valence-electron chi connectivity index (χ4n) is 2.81. The highest BCUT2D eigenvalue weighted by Crippen LogP contribution is 2.28. The number of hydrogen-bond donors (Lipinski definition) is 1. The molecule has 3 aromatic rings. The monoisotopic (exact) mass is 414 g/mol. The number of thiazole rings is 1. The predicted molar refractivity (Wildman–Crippen MR) is 117 cm³/mol. The Morgan fingerprint density at radius 3 is 2.46 bits per heavy atom. The first-order chi connectivity index (χ1) is 13.4. The number of aryl methyl sites for hydroxylation is 3. The highest BCUT2D eigenvalue weighted by Gasteiger charge is 2.17. The molecule has 0 fully saturated rings. The summed E-state index contributed by atoms with van der Waals surface area (Å²) in [5.41, 5.74) is 5.00. The van der Waals surface area contributed by atoms with E-state index in [1.807, 2.05) is 31.4 Å². The SMILES string of the molecule is CCc1ccc(-c2csc(NC(=O)C(C)Oc3cc(C)c(Cl)c(C)c3)n2)cc1. The summed E-state index contributed by atoms with van der Waals surface area (Å²) in [5, 5.41) is 6.04. The number of carbonyl (C=O) groups is 1. The minimum atomic E-state index is -0.656. The number of nitrogens with zero attached hydrogens (tertiary/aromatic N) is 1. The first-order valence-corrected chi connectivity index (χ1v) is 10.4. The molecule has 2 aromatic carbocycles. The summed E-state index contributed by atoms with van der Waals surface area (Å²) in [7, 11) is 0. The quantitative estimate of drug-likeness (QED) is 0.534. The number of anilines is 1. The van der Waals surface area contributed by atoms with E-state index in [0.717, 1.165) is 28.8 Å². The van der Waals surface area contributed by atoms with Gasteiger partial charge in [-0.1, -0.05) is 42.8 Å². The lowest BCUT2D eigenvalue weighted by Gasteiger charge is -2.15. The van der Waals surface area contributed by atoms with Gasteiger partial charge in [0.05, 0.1) is 5.69 Å². The Kier molecular flexibility index (Phi) is 6.37. The fraction of sp³-hybridized carbons (Fsp3) is 0.273. The molecule has 1 amide bonds. The Labute approximate surface area is 174 Å². The van der Waals surface area contributed by atoms with Crippen LogP contribution in [0.1, 0.15) is 30.5 Å². The fourth-order valence-corrected chi connectivity index (χ4v) is 3.65. The number of aromatic nitrogens is 1. The lowest BCUT2D eigenvalue weighted by molar-refractivity contribution is -0.122. The maximum Gasteiger partial charge on any atom is 0.266 e. The number of rotatable bonds is 6. The maximum atomic E-state index is 12.5. The Morgan fingerprint density at radius 1 is 1.21 bits per heavy atom. The van der Waals surface area contributed by atoms with Crippen molar-refractivity contribution in [3.63, 3.8) is 0 Å². The van der Waals surface area contributed by atoms with Crippen molar-refractivity contribution in [2.45, 2.75) is 40.2 Å². The second kappa shape index (κ2) is 8.76. The zero-order chi connectivity index (χ0) is 20.3. The van der Waals surface area contributed by atoms with Gasteiger partial charge in [0.25, 0.3) is 5.91 Å². The summed E-state index contributed by atoms with van der Waals surface area (Å²) in [6.07, 6.45) is 0.347. The zero-order valence-corrected chi connectivity index (χ0v) is 17.9.